The first kappa shape index (κ1) is 18.2. The molecule has 3 atom stereocenters. The second-order valence-corrected chi connectivity index (χ2v) is 8.88. The Balaban J connectivity index is 1.70. The number of benzene rings is 3. The molecule has 31 heavy (non-hydrogen) atoms. The molecule has 7 nitrogen and oxygen atoms in total. The van der Waals surface area contributed by atoms with E-state index in [1.165, 1.54) is 6.07 Å². The summed E-state index contributed by atoms with van der Waals surface area (Å²) in [6.07, 6.45) is 1.84. The van der Waals surface area contributed by atoms with Gasteiger partial charge in [-0.1, -0.05) is 0 Å². The summed E-state index contributed by atoms with van der Waals surface area (Å²) < 4.78 is 0.498. The van der Waals surface area contributed by atoms with Gasteiger partial charge in [0.15, 0.2) is 34.5 Å². The maximum atomic E-state index is 10.7. The van der Waals surface area contributed by atoms with E-state index in [0.29, 0.717) is 35.9 Å². The molecule has 0 saturated heterocycles. The molecular weight excluding hydrogens is 398 g/mol. The largest absolute Gasteiger partial charge is 0.504 e. The maximum absolute atomic E-state index is 10.7. The van der Waals surface area contributed by atoms with Crippen molar-refractivity contribution in [2.75, 3.05) is 6.54 Å². The van der Waals surface area contributed by atoms with Gasteiger partial charge in [0, 0.05) is 47.6 Å². The number of hydrogen-bond donors (Lipinski definition) is 6. The van der Waals surface area contributed by atoms with E-state index in [4.69, 9.17) is 0 Å². The lowest BCUT2D eigenvalue weighted by atomic mass is 9.77. The Bertz CT molecular complexity index is 1290. The highest BCUT2D eigenvalue weighted by Gasteiger charge is 2.58. The molecule has 3 aliphatic heterocycles. The van der Waals surface area contributed by atoms with Crippen molar-refractivity contribution in [2.45, 2.75) is 31.3 Å². The molecule has 3 aromatic rings. The second-order valence-electron chi connectivity index (χ2n) is 8.88. The van der Waals surface area contributed by atoms with E-state index in [0.717, 1.165) is 27.9 Å². The molecule has 7 heteroatoms. The highest BCUT2D eigenvalue weighted by molar-refractivity contribution is 5.69. The molecule has 0 bridgehead atoms. The maximum Gasteiger partial charge on any atom is 0.163 e. The normalized spacial score (nSPS) is 25.2. The van der Waals surface area contributed by atoms with E-state index >= 15 is 0 Å². The van der Waals surface area contributed by atoms with E-state index in [2.05, 4.69) is 0 Å². The molecule has 3 aliphatic rings. The summed E-state index contributed by atoms with van der Waals surface area (Å²) >= 11 is 0. The van der Waals surface area contributed by atoms with Crippen LogP contribution in [-0.2, 0) is 19.3 Å². The average Bonchev–Trinajstić information content (AvgIpc) is 3.03. The molecule has 0 aromatic heterocycles. The minimum absolute atomic E-state index is 0.0190. The van der Waals surface area contributed by atoms with E-state index in [1.54, 1.807) is 24.3 Å². The van der Waals surface area contributed by atoms with Gasteiger partial charge in [-0.2, -0.15) is 0 Å². The topological polar surface area (TPSA) is 121 Å². The van der Waals surface area contributed by atoms with Gasteiger partial charge in [-0.25, -0.2) is 0 Å². The van der Waals surface area contributed by atoms with Crippen molar-refractivity contribution >= 4 is 5.69 Å². The van der Waals surface area contributed by atoms with Crippen molar-refractivity contribution in [3.8, 4) is 34.5 Å². The smallest absolute Gasteiger partial charge is 0.163 e. The standard InChI is InChI=1S/C24H21NO6/c26-18-2-1-14-16(24(18)31)8-13-5-12-7-20(28)22(30)10-17(12)25(13)4-3-11-6-19(27)21(29)9-15(11)23(14)25/h1-2,6-7,9-10,13,23H,3-5,8H2,(H5-,26,27,28,29,30,31)/p+1/t13-,23+,25?/m1/s1. The molecule has 1 spiro atoms. The monoisotopic (exact) mass is 420 g/mol. The van der Waals surface area contributed by atoms with Crippen molar-refractivity contribution in [2.24, 2.45) is 0 Å². The van der Waals surface area contributed by atoms with E-state index in [1.807, 2.05) is 6.07 Å². The Kier molecular flexibility index (Phi) is 3.39. The molecule has 3 heterocycles. The van der Waals surface area contributed by atoms with Crippen LogP contribution in [0.25, 0.3) is 0 Å². The van der Waals surface area contributed by atoms with Gasteiger partial charge in [0.25, 0.3) is 0 Å². The average molecular weight is 420 g/mol. The Hall–Kier alpha value is -3.58. The molecule has 0 aliphatic carbocycles. The first-order chi connectivity index (χ1) is 14.8. The Morgan fingerprint density at radius 3 is 2.13 bits per heavy atom. The highest BCUT2D eigenvalue weighted by atomic mass is 16.3. The summed E-state index contributed by atoms with van der Waals surface area (Å²) in [4.78, 5) is 0. The first-order valence-electron chi connectivity index (χ1n) is 10.3. The predicted octanol–water partition coefficient (Wildman–Crippen LogP) is 3.05. The molecule has 6 N–H and O–H groups in total. The molecule has 158 valence electrons. The highest BCUT2D eigenvalue weighted by Crippen LogP contribution is 2.59. The van der Waals surface area contributed by atoms with Crippen molar-refractivity contribution in [3.63, 3.8) is 0 Å². The van der Waals surface area contributed by atoms with E-state index in [9.17, 15) is 30.6 Å². The first-order valence-corrected chi connectivity index (χ1v) is 10.3. The van der Waals surface area contributed by atoms with Gasteiger partial charge in [-0.3, -0.25) is 4.48 Å². The predicted molar refractivity (Wildman–Crippen MR) is 113 cm³/mol. The zero-order chi connectivity index (χ0) is 21.7. The van der Waals surface area contributed by atoms with Crippen molar-refractivity contribution in [1.29, 1.82) is 0 Å². The van der Waals surface area contributed by atoms with Crippen LogP contribution < -0.4 is 4.48 Å². The lowest BCUT2D eigenvalue weighted by molar-refractivity contribution is 0.148. The lowest BCUT2D eigenvalue weighted by Gasteiger charge is -2.52. The second kappa shape index (κ2) is 5.76. The third-order valence-corrected chi connectivity index (χ3v) is 7.51. The fourth-order valence-corrected chi connectivity index (χ4v) is 6.21. The summed E-state index contributed by atoms with van der Waals surface area (Å²) in [6, 6.07) is 9.42. The molecular formula is C24H22NO6+. The van der Waals surface area contributed by atoms with Crippen LogP contribution in [0, 0.1) is 0 Å². The van der Waals surface area contributed by atoms with Gasteiger partial charge in [0.2, 0.25) is 0 Å². The number of nitrogens with zero attached hydrogens (tertiary/aromatic N) is 1. The van der Waals surface area contributed by atoms with Crippen LogP contribution in [0.3, 0.4) is 0 Å². The molecule has 3 aromatic carbocycles. The van der Waals surface area contributed by atoms with Crippen LogP contribution in [-0.4, -0.2) is 43.2 Å². The van der Waals surface area contributed by atoms with Crippen LogP contribution in [0.2, 0.25) is 0 Å². The minimum Gasteiger partial charge on any atom is -0.504 e. The van der Waals surface area contributed by atoms with E-state index in [-0.39, 0.29) is 46.6 Å². The summed E-state index contributed by atoms with van der Waals surface area (Å²) in [5.74, 6) is -1.02. The number of phenolic OH excluding ortho intramolecular Hbond substituents is 6. The molecule has 0 saturated carbocycles. The third kappa shape index (κ3) is 2.16. The van der Waals surface area contributed by atoms with Crippen LogP contribution in [0.5, 0.6) is 34.5 Å². The fourth-order valence-electron chi connectivity index (χ4n) is 6.21. The van der Waals surface area contributed by atoms with Crippen molar-refractivity contribution in [1.82, 2.24) is 4.48 Å². The number of phenols is 6. The molecule has 0 fully saturated rings. The van der Waals surface area contributed by atoms with Crippen LogP contribution >= 0.6 is 0 Å². The summed E-state index contributed by atoms with van der Waals surface area (Å²) in [7, 11) is 0. The Labute approximate surface area is 177 Å². The summed E-state index contributed by atoms with van der Waals surface area (Å²) in [6.45, 7) is 0.699. The summed E-state index contributed by atoms with van der Waals surface area (Å²) in [5.41, 5.74) is 5.14. The minimum atomic E-state index is -0.305. The quantitative estimate of drug-likeness (QED) is 0.246. The molecule has 6 rings (SSSR count). The zero-order valence-electron chi connectivity index (χ0n) is 16.6. The zero-order valence-corrected chi connectivity index (χ0v) is 16.6. The van der Waals surface area contributed by atoms with Crippen molar-refractivity contribution < 1.29 is 30.6 Å². The van der Waals surface area contributed by atoms with Crippen LogP contribution in [0.15, 0.2) is 36.4 Å². The van der Waals surface area contributed by atoms with Gasteiger partial charge in [0.1, 0.15) is 17.8 Å². The summed E-state index contributed by atoms with van der Waals surface area (Å²) in [5, 5.41) is 61.6. The Morgan fingerprint density at radius 1 is 0.677 bits per heavy atom. The number of aromatic hydroxyl groups is 6. The molecule has 1 unspecified atom stereocenters. The van der Waals surface area contributed by atoms with Gasteiger partial charge in [-0.05, 0) is 35.9 Å². The number of quaternary nitrogens is 1. The fraction of sp³-hybridized carbons (Fsp3) is 0.250. The van der Waals surface area contributed by atoms with E-state index < -0.39 is 0 Å². The Morgan fingerprint density at radius 2 is 1.35 bits per heavy atom. The SMILES string of the molecule is Oc1cc2c(cc1O)[C@@H]1c3ccc(O)c(O)c3C[C@H]3Cc4cc(O)c(O)cc4[N+]31CC2. The van der Waals surface area contributed by atoms with Gasteiger partial charge >= 0.3 is 0 Å². The number of rotatable bonds is 0. The molecule has 0 amide bonds. The number of hydrogen-bond acceptors (Lipinski definition) is 6. The van der Waals surface area contributed by atoms with Crippen LogP contribution in [0.4, 0.5) is 5.69 Å². The number of fused-ring (bicyclic) bond motifs is 5. The van der Waals surface area contributed by atoms with Gasteiger partial charge in [0.05, 0.1) is 6.54 Å². The lowest BCUT2D eigenvalue weighted by Crippen LogP contribution is -2.63. The van der Waals surface area contributed by atoms with Crippen molar-refractivity contribution in [3.05, 3.63) is 64.2 Å². The molecule has 0 radical (unpaired) electrons. The third-order valence-electron chi connectivity index (χ3n) is 7.51. The van der Waals surface area contributed by atoms with Gasteiger partial charge < -0.3 is 30.6 Å². The van der Waals surface area contributed by atoms with Gasteiger partial charge in [-0.15, -0.1) is 0 Å². The van der Waals surface area contributed by atoms with Crippen LogP contribution in [0.1, 0.15) is 33.9 Å².